The van der Waals surface area contributed by atoms with Gasteiger partial charge in [-0.05, 0) is 37.5 Å². The molecule has 1 spiro atoms. The molecule has 0 radical (unpaired) electrons. The molecule has 2 fully saturated rings. The average Bonchev–Trinajstić information content (AvgIpc) is 2.91. The van der Waals surface area contributed by atoms with Crippen LogP contribution >= 0.6 is 0 Å². The van der Waals surface area contributed by atoms with Crippen LogP contribution in [0.2, 0.25) is 0 Å². The van der Waals surface area contributed by atoms with Crippen molar-refractivity contribution in [1.29, 1.82) is 10.5 Å². The smallest absolute Gasteiger partial charge is 0.207 e. The van der Waals surface area contributed by atoms with Gasteiger partial charge in [0, 0.05) is 25.0 Å². The van der Waals surface area contributed by atoms with Gasteiger partial charge in [0.25, 0.3) is 0 Å². The summed E-state index contributed by atoms with van der Waals surface area (Å²) in [6.07, 6.45) is 6.10. The lowest BCUT2D eigenvalue weighted by Crippen LogP contribution is -2.49. The van der Waals surface area contributed by atoms with E-state index in [1.54, 1.807) is 28.6 Å². The van der Waals surface area contributed by atoms with Gasteiger partial charge in [-0.3, -0.25) is 0 Å². The van der Waals surface area contributed by atoms with Crippen molar-refractivity contribution in [2.75, 3.05) is 6.54 Å². The molecular formula is C20H23N3O2S. The SMILES string of the molecule is Cc1ccc(S(=O)(=O)N2CC(CC#N)/C(=C\C#N)C23CCCCC3)cc1. The molecule has 0 amide bonds. The first-order valence-electron chi connectivity index (χ1n) is 9.02. The molecule has 1 aliphatic heterocycles. The van der Waals surface area contributed by atoms with Crippen LogP contribution in [0.5, 0.6) is 0 Å². The van der Waals surface area contributed by atoms with Crippen LogP contribution in [0.15, 0.2) is 40.8 Å². The minimum Gasteiger partial charge on any atom is -0.207 e. The third kappa shape index (κ3) is 3.05. The van der Waals surface area contributed by atoms with Gasteiger partial charge in [0.05, 0.1) is 22.6 Å². The summed E-state index contributed by atoms with van der Waals surface area (Å²) >= 11 is 0. The summed E-state index contributed by atoms with van der Waals surface area (Å²) in [5.74, 6) is -0.210. The summed E-state index contributed by atoms with van der Waals surface area (Å²) in [7, 11) is -3.69. The number of aryl methyl sites for hydroxylation is 1. The Hall–Kier alpha value is -2.15. The van der Waals surface area contributed by atoms with E-state index in [1.807, 2.05) is 6.92 Å². The fraction of sp³-hybridized carbons (Fsp3) is 0.500. The zero-order valence-electron chi connectivity index (χ0n) is 15.0. The van der Waals surface area contributed by atoms with Gasteiger partial charge < -0.3 is 0 Å². The monoisotopic (exact) mass is 369 g/mol. The molecule has 0 N–H and O–H groups in total. The fourth-order valence-electron chi connectivity index (χ4n) is 4.44. The largest absolute Gasteiger partial charge is 0.243 e. The molecule has 3 rings (SSSR count). The van der Waals surface area contributed by atoms with Crippen molar-refractivity contribution in [1.82, 2.24) is 4.31 Å². The summed E-state index contributed by atoms with van der Waals surface area (Å²) in [5.41, 5.74) is 1.18. The molecule has 1 saturated carbocycles. The fourth-order valence-corrected chi connectivity index (χ4v) is 6.30. The van der Waals surface area contributed by atoms with E-state index in [-0.39, 0.29) is 23.8 Å². The Bertz CT molecular complexity index is 882. The van der Waals surface area contributed by atoms with E-state index >= 15 is 0 Å². The number of nitriles is 2. The predicted molar refractivity (Wildman–Crippen MR) is 98.3 cm³/mol. The van der Waals surface area contributed by atoms with E-state index in [4.69, 9.17) is 0 Å². The van der Waals surface area contributed by atoms with Crippen LogP contribution in [0, 0.1) is 35.5 Å². The molecule has 26 heavy (non-hydrogen) atoms. The first-order chi connectivity index (χ1) is 12.5. The van der Waals surface area contributed by atoms with Crippen molar-refractivity contribution in [3.8, 4) is 12.1 Å². The number of allylic oxidation sites excluding steroid dienone is 1. The van der Waals surface area contributed by atoms with E-state index in [1.165, 1.54) is 6.08 Å². The Balaban J connectivity index is 2.12. The highest BCUT2D eigenvalue weighted by Gasteiger charge is 2.54. The molecule has 136 valence electrons. The average molecular weight is 369 g/mol. The van der Waals surface area contributed by atoms with Crippen molar-refractivity contribution < 1.29 is 8.42 Å². The number of benzene rings is 1. The zero-order chi connectivity index (χ0) is 18.8. The topological polar surface area (TPSA) is 85.0 Å². The quantitative estimate of drug-likeness (QED) is 0.761. The zero-order valence-corrected chi connectivity index (χ0v) is 15.8. The van der Waals surface area contributed by atoms with E-state index in [2.05, 4.69) is 12.1 Å². The molecule has 1 aliphatic carbocycles. The van der Waals surface area contributed by atoms with Gasteiger partial charge >= 0.3 is 0 Å². The van der Waals surface area contributed by atoms with Gasteiger partial charge in [-0.2, -0.15) is 14.8 Å². The number of rotatable bonds is 3. The number of hydrogen-bond donors (Lipinski definition) is 0. The maximum absolute atomic E-state index is 13.5. The molecule has 0 bridgehead atoms. The summed E-state index contributed by atoms with van der Waals surface area (Å²) in [6.45, 7) is 2.20. The Labute approximate surface area is 155 Å². The summed E-state index contributed by atoms with van der Waals surface area (Å²) < 4.78 is 28.5. The van der Waals surface area contributed by atoms with Crippen LogP contribution < -0.4 is 0 Å². The molecule has 5 nitrogen and oxygen atoms in total. The Morgan fingerprint density at radius 3 is 2.42 bits per heavy atom. The molecule has 1 saturated heterocycles. The van der Waals surface area contributed by atoms with Crippen LogP contribution in [-0.4, -0.2) is 24.8 Å². The maximum Gasteiger partial charge on any atom is 0.243 e. The summed E-state index contributed by atoms with van der Waals surface area (Å²) in [5, 5.41) is 18.5. The second-order valence-electron chi connectivity index (χ2n) is 7.23. The molecule has 1 unspecified atom stereocenters. The number of hydrogen-bond acceptors (Lipinski definition) is 4. The number of sulfonamides is 1. The lowest BCUT2D eigenvalue weighted by atomic mass is 9.75. The Morgan fingerprint density at radius 1 is 1.19 bits per heavy atom. The lowest BCUT2D eigenvalue weighted by molar-refractivity contribution is 0.203. The van der Waals surface area contributed by atoms with Crippen molar-refractivity contribution in [2.45, 2.75) is 55.9 Å². The van der Waals surface area contributed by atoms with Crippen molar-refractivity contribution >= 4 is 10.0 Å². The van der Waals surface area contributed by atoms with Gasteiger partial charge in [0.2, 0.25) is 10.0 Å². The van der Waals surface area contributed by atoms with Crippen LogP contribution in [-0.2, 0) is 10.0 Å². The minimum absolute atomic E-state index is 0.210. The molecule has 1 aromatic carbocycles. The van der Waals surface area contributed by atoms with Gasteiger partial charge in [-0.25, -0.2) is 8.42 Å². The highest BCUT2D eigenvalue weighted by atomic mass is 32.2. The van der Waals surface area contributed by atoms with Gasteiger partial charge in [0.15, 0.2) is 0 Å². The molecule has 2 aliphatic rings. The van der Waals surface area contributed by atoms with Crippen LogP contribution in [0.4, 0.5) is 0 Å². The lowest BCUT2D eigenvalue weighted by Gasteiger charge is -2.41. The first kappa shape index (κ1) is 18.6. The van der Waals surface area contributed by atoms with E-state index in [0.29, 0.717) is 12.8 Å². The third-order valence-electron chi connectivity index (χ3n) is 5.69. The Kier molecular flexibility index (Phi) is 5.18. The molecule has 1 atom stereocenters. The number of nitrogens with zero attached hydrogens (tertiary/aromatic N) is 3. The third-order valence-corrected chi connectivity index (χ3v) is 7.63. The molecule has 1 aromatic rings. The van der Waals surface area contributed by atoms with Gasteiger partial charge in [-0.1, -0.05) is 37.0 Å². The van der Waals surface area contributed by atoms with Crippen molar-refractivity contribution in [3.63, 3.8) is 0 Å². The molecule has 0 aromatic heterocycles. The second kappa shape index (κ2) is 7.23. The molecular weight excluding hydrogens is 346 g/mol. The summed E-state index contributed by atoms with van der Waals surface area (Å²) in [4.78, 5) is 0.280. The van der Waals surface area contributed by atoms with E-state index < -0.39 is 15.6 Å². The molecule has 6 heteroatoms. The van der Waals surface area contributed by atoms with Crippen LogP contribution in [0.1, 0.15) is 44.1 Å². The normalized spacial score (nSPS) is 24.4. The molecule has 1 heterocycles. The van der Waals surface area contributed by atoms with Crippen LogP contribution in [0.25, 0.3) is 0 Å². The van der Waals surface area contributed by atoms with Crippen molar-refractivity contribution in [3.05, 3.63) is 41.5 Å². The van der Waals surface area contributed by atoms with Crippen LogP contribution in [0.3, 0.4) is 0 Å². The Morgan fingerprint density at radius 2 is 1.85 bits per heavy atom. The second-order valence-corrected chi connectivity index (χ2v) is 9.09. The maximum atomic E-state index is 13.5. The van der Waals surface area contributed by atoms with E-state index in [9.17, 15) is 18.9 Å². The first-order valence-corrected chi connectivity index (χ1v) is 10.5. The van der Waals surface area contributed by atoms with Gasteiger partial charge in [-0.15, -0.1) is 0 Å². The minimum atomic E-state index is -3.69. The van der Waals surface area contributed by atoms with E-state index in [0.717, 1.165) is 30.4 Å². The van der Waals surface area contributed by atoms with Crippen molar-refractivity contribution in [2.24, 2.45) is 5.92 Å². The van der Waals surface area contributed by atoms with Gasteiger partial charge in [0.1, 0.15) is 0 Å². The standard InChI is InChI=1S/C20H23N3O2S/c1-16-5-7-18(8-6-16)26(24,25)23-15-17(9-13-21)19(10-14-22)20(23)11-3-2-4-12-20/h5-8,10,17H,2-4,9,11-12,15H2,1H3/b19-10+. The highest BCUT2D eigenvalue weighted by molar-refractivity contribution is 7.89. The summed E-state index contributed by atoms with van der Waals surface area (Å²) in [6, 6.07) is 11.2. The predicted octanol–water partition coefficient (Wildman–Crippen LogP) is 3.68. The highest BCUT2D eigenvalue weighted by Crippen LogP contribution is 2.50.